The van der Waals surface area contributed by atoms with Crippen LogP contribution in [0.3, 0.4) is 0 Å². The average molecular weight is 667 g/mol. The first-order valence-electron chi connectivity index (χ1n) is 14.3. The van der Waals surface area contributed by atoms with Gasteiger partial charge < -0.3 is 20.9 Å². The number of hydrogen-bond donors (Lipinski definition) is 2. The second-order valence-corrected chi connectivity index (χ2v) is 13.2. The van der Waals surface area contributed by atoms with Gasteiger partial charge in [0, 0.05) is 30.7 Å². The van der Waals surface area contributed by atoms with Crippen molar-refractivity contribution in [3.8, 4) is 32.4 Å². The molecule has 2 aromatic carbocycles. The molecule has 0 atom stereocenters. The van der Waals surface area contributed by atoms with E-state index in [-0.39, 0.29) is 20.9 Å². The second-order valence-electron chi connectivity index (χ2n) is 10.7. The maximum Gasteiger partial charge on any atom is 0.380 e. The van der Waals surface area contributed by atoms with Crippen LogP contribution in [-0.2, 0) is 0 Å². The molecule has 0 radical (unpaired) electrons. The monoisotopic (exact) mass is 666 g/mol. The summed E-state index contributed by atoms with van der Waals surface area (Å²) in [5, 5.41) is 0. The molecule has 0 bridgehead atoms. The van der Waals surface area contributed by atoms with Crippen molar-refractivity contribution in [2.45, 2.75) is 44.5 Å². The molecule has 0 unspecified atom stereocenters. The second kappa shape index (κ2) is 12.8. The number of hydrogen-bond acceptors (Lipinski definition) is 6. The summed E-state index contributed by atoms with van der Waals surface area (Å²) in [7, 11) is 0. The number of allylic oxidation sites excluding steroid dienone is 2. The van der Waals surface area contributed by atoms with Crippen molar-refractivity contribution in [3.63, 3.8) is 0 Å². The summed E-state index contributed by atoms with van der Waals surface area (Å²) in [5.41, 5.74) is 8.80. The first kappa shape index (κ1) is 33.1. The number of benzene rings is 2. The number of alkyl halides is 6. The van der Waals surface area contributed by atoms with Gasteiger partial charge in [0.15, 0.2) is 0 Å². The Morgan fingerprint density at radius 1 is 0.600 bits per heavy atom. The summed E-state index contributed by atoms with van der Waals surface area (Å²) in [5.74, 6) is -14.8. The van der Waals surface area contributed by atoms with E-state index in [9.17, 15) is 0 Å². The van der Waals surface area contributed by atoms with Crippen molar-refractivity contribution in [1.82, 2.24) is 0 Å². The highest BCUT2D eigenvalue weighted by Gasteiger charge is 2.80. The van der Waals surface area contributed by atoms with Gasteiger partial charge in [-0.05, 0) is 123 Å². The number of aryl methyl sites for hydroxylation is 2. The van der Waals surface area contributed by atoms with Crippen LogP contribution in [0, 0.1) is 13.8 Å². The molecule has 0 saturated heterocycles. The fourth-order valence-corrected chi connectivity index (χ4v) is 7.22. The summed E-state index contributed by atoms with van der Waals surface area (Å²) < 4.78 is 104. The van der Waals surface area contributed by atoms with Gasteiger partial charge in [0.05, 0.1) is 13.2 Å². The lowest BCUT2D eigenvalue weighted by molar-refractivity contribution is -0.254. The van der Waals surface area contributed by atoms with Gasteiger partial charge in [-0.15, -0.1) is 22.7 Å². The van der Waals surface area contributed by atoms with E-state index in [1.54, 1.807) is 48.5 Å². The van der Waals surface area contributed by atoms with Crippen molar-refractivity contribution in [1.29, 1.82) is 0 Å². The maximum atomic E-state index is 15.6. The first-order chi connectivity index (χ1) is 21.3. The van der Waals surface area contributed by atoms with E-state index in [0.717, 1.165) is 22.7 Å². The zero-order valence-corrected chi connectivity index (χ0v) is 26.2. The molecule has 4 N–H and O–H groups in total. The van der Waals surface area contributed by atoms with E-state index in [4.69, 9.17) is 20.9 Å². The van der Waals surface area contributed by atoms with Crippen molar-refractivity contribution in [3.05, 3.63) is 81.5 Å². The van der Waals surface area contributed by atoms with Crippen LogP contribution in [0.4, 0.5) is 26.3 Å². The fraction of sp³-hybridized carbons (Fsp3) is 0.333. The number of ether oxygens (including phenoxy) is 2. The van der Waals surface area contributed by atoms with Crippen LogP contribution in [0.15, 0.2) is 60.7 Å². The Balaban J connectivity index is 1.57. The summed E-state index contributed by atoms with van der Waals surface area (Å²) in [6, 6.07) is 16.1. The third kappa shape index (κ3) is 6.00. The van der Waals surface area contributed by atoms with Crippen molar-refractivity contribution in [2.24, 2.45) is 11.5 Å². The zero-order valence-electron chi connectivity index (χ0n) is 24.6. The van der Waals surface area contributed by atoms with E-state index in [1.165, 1.54) is 26.0 Å². The smallest absolute Gasteiger partial charge is 0.380 e. The molecule has 0 spiro atoms. The number of rotatable bonds is 12. The SMILES string of the molecule is Cc1sc(-c2ccc(OCCCN)cc2)cc1C1=C(c2cc(-c3ccc(OCCCN)cc3)sc2C)C(F)(F)C(F)(F)C1(F)F. The standard InChI is InChI=1S/C33H32F6N2O2S2/c1-19-25(17-27(44-19)21-5-9-23(10-6-21)42-15-3-13-40)29-30(32(36,37)33(38,39)31(29,34)35)26-18-28(45-20(26)2)22-7-11-24(12-8-22)43-16-4-14-41/h5-12,17-18H,3-4,13-16,40-41H2,1-2H3. The third-order valence-corrected chi connectivity index (χ3v) is 9.75. The Hall–Kier alpha value is -3.32. The van der Waals surface area contributed by atoms with Crippen LogP contribution >= 0.6 is 22.7 Å². The summed E-state index contributed by atoms with van der Waals surface area (Å²) >= 11 is 2.13. The molecule has 12 heteroatoms. The quantitative estimate of drug-likeness (QED) is 0.117. The molecule has 0 amide bonds. The van der Waals surface area contributed by atoms with Crippen LogP contribution < -0.4 is 20.9 Å². The maximum absolute atomic E-state index is 15.6. The van der Waals surface area contributed by atoms with Gasteiger partial charge >= 0.3 is 17.8 Å². The highest BCUT2D eigenvalue weighted by atomic mass is 32.1. The van der Waals surface area contributed by atoms with E-state index in [1.807, 2.05) is 0 Å². The van der Waals surface area contributed by atoms with Gasteiger partial charge in [-0.25, -0.2) is 0 Å². The van der Waals surface area contributed by atoms with Crippen molar-refractivity contribution >= 4 is 33.8 Å². The Morgan fingerprint density at radius 2 is 0.956 bits per heavy atom. The minimum Gasteiger partial charge on any atom is -0.494 e. The zero-order chi connectivity index (χ0) is 32.6. The molecular formula is C33H32F6N2O2S2. The summed E-state index contributed by atoms with van der Waals surface area (Å²) in [4.78, 5) is 1.36. The molecular weight excluding hydrogens is 634 g/mol. The lowest BCUT2D eigenvalue weighted by Gasteiger charge is -2.25. The highest BCUT2D eigenvalue weighted by molar-refractivity contribution is 7.16. The Kier molecular flexibility index (Phi) is 9.42. The highest BCUT2D eigenvalue weighted by Crippen LogP contribution is 2.66. The molecule has 5 rings (SSSR count). The van der Waals surface area contributed by atoms with E-state index < -0.39 is 28.9 Å². The fourth-order valence-electron chi connectivity index (χ4n) is 5.16. The molecule has 0 aliphatic heterocycles. The number of nitrogens with two attached hydrogens (primary N) is 2. The van der Waals surface area contributed by atoms with Gasteiger partial charge in [0.2, 0.25) is 0 Å². The van der Waals surface area contributed by atoms with Crippen molar-refractivity contribution in [2.75, 3.05) is 26.3 Å². The van der Waals surface area contributed by atoms with Crippen LogP contribution in [0.5, 0.6) is 11.5 Å². The predicted octanol–water partition coefficient (Wildman–Crippen LogP) is 9.05. The number of thiophene rings is 2. The molecule has 1 aliphatic rings. The van der Waals surface area contributed by atoms with Gasteiger partial charge in [-0.2, -0.15) is 26.3 Å². The van der Waals surface area contributed by atoms with E-state index in [0.29, 0.717) is 71.5 Å². The Labute approximate surface area is 265 Å². The molecule has 4 nitrogen and oxygen atoms in total. The summed E-state index contributed by atoms with van der Waals surface area (Å²) in [6.07, 6.45) is 1.33. The van der Waals surface area contributed by atoms with E-state index >= 15 is 26.3 Å². The largest absolute Gasteiger partial charge is 0.494 e. The van der Waals surface area contributed by atoms with Gasteiger partial charge in [0.1, 0.15) is 11.5 Å². The van der Waals surface area contributed by atoms with Crippen LogP contribution in [0.1, 0.15) is 33.7 Å². The Morgan fingerprint density at radius 3 is 1.29 bits per heavy atom. The molecule has 45 heavy (non-hydrogen) atoms. The van der Waals surface area contributed by atoms with Gasteiger partial charge in [0.25, 0.3) is 0 Å². The van der Waals surface area contributed by atoms with Crippen molar-refractivity contribution < 1.29 is 35.8 Å². The van der Waals surface area contributed by atoms with Gasteiger partial charge in [-0.1, -0.05) is 0 Å². The molecule has 0 fully saturated rings. The van der Waals surface area contributed by atoms with Crippen LogP contribution in [-0.4, -0.2) is 44.1 Å². The topological polar surface area (TPSA) is 70.5 Å². The molecule has 0 saturated carbocycles. The Bertz CT molecular complexity index is 1560. The summed E-state index contributed by atoms with van der Waals surface area (Å²) in [6.45, 7) is 4.72. The molecule has 1 aliphatic carbocycles. The molecule has 240 valence electrons. The minimum absolute atomic E-state index is 0.215. The average Bonchev–Trinajstić information content (AvgIpc) is 3.60. The predicted molar refractivity (Wildman–Crippen MR) is 169 cm³/mol. The number of halogens is 6. The molecule has 2 heterocycles. The first-order valence-corrected chi connectivity index (χ1v) is 15.9. The van der Waals surface area contributed by atoms with E-state index in [2.05, 4.69) is 0 Å². The lowest BCUT2D eigenvalue weighted by atomic mass is 9.94. The minimum atomic E-state index is -5.64. The lowest BCUT2D eigenvalue weighted by Crippen LogP contribution is -2.48. The molecule has 2 aromatic heterocycles. The molecule has 4 aromatic rings. The van der Waals surface area contributed by atoms with Gasteiger partial charge in [-0.3, -0.25) is 0 Å². The van der Waals surface area contributed by atoms with Crippen LogP contribution in [0.2, 0.25) is 0 Å². The van der Waals surface area contributed by atoms with Crippen LogP contribution in [0.25, 0.3) is 32.0 Å². The third-order valence-electron chi connectivity index (χ3n) is 7.55. The normalized spacial score (nSPS) is 16.8.